The van der Waals surface area contributed by atoms with Gasteiger partial charge in [0.15, 0.2) is 0 Å². The lowest BCUT2D eigenvalue weighted by atomic mass is 9.98. The molecule has 1 aromatic rings. The molecule has 112 valence electrons. The van der Waals surface area contributed by atoms with E-state index < -0.39 is 0 Å². The van der Waals surface area contributed by atoms with Crippen LogP contribution < -0.4 is 10.5 Å². The van der Waals surface area contributed by atoms with Gasteiger partial charge in [0, 0.05) is 17.6 Å². The van der Waals surface area contributed by atoms with Crippen molar-refractivity contribution >= 4 is 0 Å². The third-order valence-electron chi connectivity index (χ3n) is 4.71. The zero-order valence-corrected chi connectivity index (χ0v) is 12.6. The quantitative estimate of drug-likeness (QED) is 0.901. The molecule has 0 aromatic heterocycles. The molecule has 0 aliphatic heterocycles. The molecule has 2 N–H and O–H groups in total. The van der Waals surface area contributed by atoms with E-state index in [9.17, 15) is 4.39 Å². The van der Waals surface area contributed by atoms with Crippen molar-refractivity contribution < 1.29 is 9.13 Å². The van der Waals surface area contributed by atoms with Crippen molar-refractivity contribution in [1.29, 1.82) is 0 Å². The van der Waals surface area contributed by atoms with Crippen molar-refractivity contribution in [3.63, 3.8) is 0 Å². The topological polar surface area (TPSA) is 38.5 Å². The average Bonchev–Trinajstić information content (AvgIpc) is 2.93. The van der Waals surface area contributed by atoms with Crippen molar-refractivity contribution in [3.05, 3.63) is 29.6 Å². The normalized spacial score (nSPS) is 24.1. The van der Waals surface area contributed by atoms with Crippen LogP contribution in [0.25, 0.3) is 0 Å². The Morgan fingerprint density at radius 3 is 2.85 bits per heavy atom. The molecule has 0 radical (unpaired) electrons. The lowest BCUT2D eigenvalue weighted by molar-refractivity contribution is 0.147. The zero-order valence-electron chi connectivity index (χ0n) is 12.6. The largest absolute Gasteiger partial charge is 0.496 e. The number of halogens is 1. The third kappa shape index (κ3) is 2.81. The molecule has 1 aromatic carbocycles. The SMILES string of the molecule is COc1cccc(F)c1C(C)N(C)C1CCCC1CN. The first kappa shape index (κ1) is 15.3. The highest BCUT2D eigenvalue weighted by Gasteiger charge is 2.33. The summed E-state index contributed by atoms with van der Waals surface area (Å²) < 4.78 is 19.5. The van der Waals surface area contributed by atoms with Crippen molar-refractivity contribution in [2.45, 2.75) is 38.3 Å². The Bertz CT molecular complexity index is 452. The Hall–Kier alpha value is -1.13. The highest BCUT2D eigenvalue weighted by molar-refractivity contribution is 5.37. The van der Waals surface area contributed by atoms with E-state index in [0.29, 0.717) is 29.8 Å². The van der Waals surface area contributed by atoms with E-state index in [1.54, 1.807) is 13.2 Å². The van der Waals surface area contributed by atoms with E-state index in [4.69, 9.17) is 10.5 Å². The Morgan fingerprint density at radius 2 is 2.20 bits per heavy atom. The van der Waals surface area contributed by atoms with Crippen LogP contribution in [0.2, 0.25) is 0 Å². The van der Waals surface area contributed by atoms with Gasteiger partial charge in [-0.3, -0.25) is 4.90 Å². The number of ether oxygens (including phenoxy) is 1. The molecule has 20 heavy (non-hydrogen) atoms. The standard InChI is InChI=1S/C16H25FN2O/c1-11(16-13(17)7-5-9-15(16)20-3)19(2)14-8-4-6-12(14)10-18/h5,7,9,11-12,14H,4,6,8,10,18H2,1-3H3. The van der Waals surface area contributed by atoms with Gasteiger partial charge in [0.25, 0.3) is 0 Å². The zero-order chi connectivity index (χ0) is 14.7. The number of benzene rings is 1. The van der Waals surface area contributed by atoms with Crippen LogP contribution in [0.4, 0.5) is 4.39 Å². The number of hydrogen-bond acceptors (Lipinski definition) is 3. The third-order valence-corrected chi connectivity index (χ3v) is 4.71. The minimum Gasteiger partial charge on any atom is -0.496 e. The Labute approximate surface area is 120 Å². The molecule has 1 aliphatic carbocycles. The summed E-state index contributed by atoms with van der Waals surface area (Å²) >= 11 is 0. The molecule has 3 unspecified atom stereocenters. The van der Waals surface area contributed by atoms with Gasteiger partial charge in [0.1, 0.15) is 11.6 Å². The van der Waals surface area contributed by atoms with Gasteiger partial charge in [0.05, 0.1) is 7.11 Å². The highest BCUT2D eigenvalue weighted by atomic mass is 19.1. The van der Waals surface area contributed by atoms with E-state index >= 15 is 0 Å². The van der Waals surface area contributed by atoms with Gasteiger partial charge < -0.3 is 10.5 Å². The fraction of sp³-hybridized carbons (Fsp3) is 0.625. The lowest BCUT2D eigenvalue weighted by Crippen LogP contribution is -2.39. The summed E-state index contributed by atoms with van der Waals surface area (Å²) in [6.07, 6.45) is 3.52. The fourth-order valence-corrected chi connectivity index (χ4v) is 3.42. The second-order valence-electron chi connectivity index (χ2n) is 5.69. The van der Waals surface area contributed by atoms with Crippen molar-refractivity contribution in [3.8, 4) is 5.75 Å². The smallest absolute Gasteiger partial charge is 0.131 e. The number of methoxy groups -OCH3 is 1. The highest BCUT2D eigenvalue weighted by Crippen LogP contribution is 2.37. The average molecular weight is 280 g/mol. The summed E-state index contributed by atoms with van der Waals surface area (Å²) in [5, 5.41) is 0. The van der Waals surface area contributed by atoms with E-state index in [2.05, 4.69) is 11.9 Å². The molecule has 4 heteroatoms. The van der Waals surface area contributed by atoms with Gasteiger partial charge in [-0.1, -0.05) is 12.5 Å². The summed E-state index contributed by atoms with van der Waals surface area (Å²) in [7, 11) is 3.65. The van der Waals surface area contributed by atoms with E-state index in [-0.39, 0.29) is 11.9 Å². The predicted molar refractivity (Wildman–Crippen MR) is 79.3 cm³/mol. The van der Waals surface area contributed by atoms with Gasteiger partial charge in [-0.2, -0.15) is 0 Å². The first-order valence-corrected chi connectivity index (χ1v) is 7.34. The van der Waals surface area contributed by atoms with Crippen LogP contribution in [0.1, 0.15) is 37.8 Å². The molecule has 0 bridgehead atoms. The number of nitrogens with two attached hydrogens (primary N) is 1. The monoisotopic (exact) mass is 280 g/mol. The Morgan fingerprint density at radius 1 is 1.45 bits per heavy atom. The van der Waals surface area contributed by atoms with Crippen molar-refractivity contribution in [1.82, 2.24) is 4.90 Å². The van der Waals surface area contributed by atoms with Crippen molar-refractivity contribution in [2.24, 2.45) is 11.7 Å². The molecule has 3 atom stereocenters. The van der Waals surface area contributed by atoms with Crippen LogP contribution in [0, 0.1) is 11.7 Å². The van der Waals surface area contributed by atoms with Gasteiger partial charge in [-0.05, 0) is 51.4 Å². The molecule has 1 saturated carbocycles. The molecule has 2 rings (SSSR count). The summed E-state index contributed by atoms with van der Waals surface area (Å²) in [6, 6.07) is 5.40. The van der Waals surface area contributed by atoms with Crippen LogP contribution >= 0.6 is 0 Å². The van der Waals surface area contributed by atoms with Gasteiger partial charge in [-0.15, -0.1) is 0 Å². The number of nitrogens with zero attached hydrogens (tertiary/aromatic N) is 1. The lowest BCUT2D eigenvalue weighted by Gasteiger charge is -2.35. The maximum absolute atomic E-state index is 14.2. The van der Waals surface area contributed by atoms with Gasteiger partial charge in [-0.25, -0.2) is 4.39 Å². The van der Waals surface area contributed by atoms with Crippen LogP contribution in [0.15, 0.2) is 18.2 Å². The molecule has 3 nitrogen and oxygen atoms in total. The molecule has 0 heterocycles. The van der Waals surface area contributed by atoms with E-state index in [1.807, 2.05) is 13.0 Å². The molecule has 0 amide bonds. The fourth-order valence-electron chi connectivity index (χ4n) is 3.42. The summed E-state index contributed by atoms with van der Waals surface area (Å²) in [6.45, 7) is 2.74. The number of rotatable bonds is 5. The number of hydrogen-bond donors (Lipinski definition) is 1. The van der Waals surface area contributed by atoms with E-state index in [1.165, 1.54) is 18.9 Å². The maximum Gasteiger partial charge on any atom is 0.131 e. The molecular weight excluding hydrogens is 255 g/mol. The summed E-state index contributed by atoms with van der Waals surface area (Å²) in [5.74, 6) is 0.929. The van der Waals surface area contributed by atoms with Crippen molar-refractivity contribution in [2.75, 3.05) is 20.7 Å². The summed E-state index contributed by atoms with van der Waals surface area (Å²) in [5.41, 5.74) is 6.50. The molecule has 1 aliphatic rings. The van der Waals surface area contributed by atoms with E-state index in [0.717, 1.165) is 6.42 Å². The molecular formula is C16H25FN2O. The van der Waals surface area contributed by atoms with Crippen LogP contribution in [-0.4, -0.2) is 31.6 Å². The van der Waals surface area contributed by atoms with Crippen LogP contribution in [0.3, 0.4) is 0 Å². The van der Waals surface area contributed by atoms with Gasteiger partial charge in [0.2, 0.25) is 0 Å². The maximum atomic E-state index is 14.2. The first-order valence-electron chi connectivity index (χ1n) is 7.34. The molecule has 0 spiro atoms. The minimum absolute atomic E-state index is 0.0247. The molecule has 0 saturated heterocycles. The van der Waals surface area contributed by atoms with Gasteiger partial charge >= 0.3 is 0 Å². The minimum atomic E-state index is -0.203. The Kier molecular flexibility index (Phi) is 5.00. The van der Waals surface area contributed by atoms with Crippen LogP contribution in [-0.2, 0) is 0 Å². The first-order chi connectivity index (χ1) is 9.60. The predicted octanol–water partition coefficient (Wildman–Crippen LogP) is 2.95. The second kappa shape index (κ2) is 6.55. The molecule has 1 fully saturated rings. The summed E-state index contributed by atoms with van der Waals surface area (Å²) in [4.78, 5) is 2.26. The Balaban J connectivity index is 2.24. The second-order valence-corrected chi connectivity index (χ2v) is 5.69. The van der Waals surface area contributed by atoms with Crippen LogP contribution in [0.5, 0.6) is 5.75 Å².